The second-order valence-electron chi connectivity index (χ2n) is 5.57. The van der Waals surface area contributed by atoms with Gasteiger partial charge in [0.05, 0.1) is 12.7 Å². The maximum absolute atomic E-state index is 11.3. The molecule has 110 valence electrons. The zero-order valence-electron chi connectivity index (χ0n) is 12.4. The molecular weight excluding hydrogens is 252 g/mol. The van der Waals surface area contributed by atoms with Crippen molar-refractivity contribution < 1.29 is 9.53 Å². The number of hydrogen-bond acceptors (Lipinski definition) is 4. The number of benzene rings is 1. The highest BCUT2D eigenvalue weighted by molar-refractivity contribution is 5.89. The minimum Gasteiger partial charge on any atom is -0.465 e. The van der Waals surface area contributed by atoms with Crippen molar-refractivity contribution >= 4 is 5.97 Å². The molecule has 0 amide bonds. The minimum atomic E-state index is -0.282. The minimum absolute atomic E-state index is 0.282. The number of methoxy groups -OCH3 is 1. The van der Waals surface area contributed by atoms with Crippen LogP contribution in [0, 0.1) is 5.92 Å². The summed E-state index contributed by atoms with van der Waals surface area (Å²) < 4.78 is 4.69. The van der Waals surface area contributed by atoms with E-state index in [4.69, 9.17) is 0 Å². The van der Waals surface area contributed by atoms with Crippen molar-refractivity contribution in [2.75, 3.05) is 33.8 Å². The van der Waals surface area contributed by atoms with E-state index in [-0.39, 0.29) is 5.97 Å². The van der Waals surface area contributed by atoms with Gasteiger partial charge in [0, 0.05) is 6.54 Å². The Morgan fingerprint density at radius 3 is 2.55 bits per heavy atom. The molecule has 1 heterocycles. The van der Waals surface area contributed by atoms with E-state index in [1.165, 1.54) is 38.6 Å². The summed E-state index contributed by atoms with van der Waals surface area (Å²) in [5.41, 5.74) is 1.80. The lowest BCUT2D eigenvalue weighted by Crippen LogP contribution is -2.34. The predicted octanol–water partition coefficient (Wildman–Crippen LogP) is 1.90. The van der Waals surface area contributed by atoms with Crippen molar-refractivity contribution in [2.24, 2.45) is 5.92 Å². The number of nitrogens with one attached hydrogen (secondary N) is 1. The highest BCUT2D eigenvalue weighted by Gasteiger charge is 2.15. The summed E-state index contributed by atoms with van der Waals surface area (Å²) in [7, 11) is 3.59. The number of piperidine rings is 1. The molecule has 0 saturated carbocycles. The lowest BCUT2D eigenvalue weighted by molar-refractivity contribution is 0.0600. The van der Waals surface area contributed by atoms with Gasteiger partial charge in [0.1, 0.15) is 0 Å². The van der Waals surface area contributed by atoms with Crippen molar-refractivity contribution in [3.05, 3.63) is 35.4 Å². The molecule has 1 fully saturated rings. The Hall–Kier alpha value is -1.39. The Kier molecular flexibility index (Phi) is 5.56. The van der Waals surface area contributed by atoms with Gasteiger partial charge in [0.2, 0.25) is 0 Å². The molecule has 0 bridgehead atoms. The molecule has 0 unspecified atom stereocenters. The van der Waals surface area contributed by atoms with Crippen LogP contribution in [0.15, 0.2) is 24.3 Å². The van der Waals surface area contributed by atoms with Crippen molar-refractivity contribution in [1.29, 1.82) is 0 Å². The first-order chi connectivity index (χ1) is 9.69. The topological polar surface area (TPSA) is 41.6 Å². The Bertz CT molecular complexity index is 423. The lowest BCUT2D eigenvalue weighted by Gasteiger charge is -2.29. The van der Waals surface area contributed by atoms with E-state index in [1.54, 1.807) is 0 Å². The van der Waals surface area contributed by atoms with E-state index < -0.39 is 0 Å². The van der Waals surface area contributed by atoms with E-state index in [9.17, 15) is 4.79 Å². The molecule has 2 rings (SSSR count). The molecule has 0 radical (unpaired) electrons. The number of esters is 1. The van der Waals surface area contributed by atoms with Crippen molar-refractivity contribution in [3.8, 4) is 0 Å². The summed E-state index contributed by atoms with van der Waals surface area (Å²) in [6, 6.07) is 7.60. The Balaban J connectivity index is 1.73. The molecular formula is C16H24N2O2. The summed E-state index contributed by atoms with van der Waals surface area (Å²) in [5.74, 6) is 0.511. The Labute approximate surface area is 121 Å². The number of hydrogen-bond donors (Lipinski definition) is 1. The third-order valence-electron chi connectivity index (χ3n) is 3.98. The molecule has 1 N–H and O–H groups in total. The standard InChI is InChI=1S/C16H24N2O2/c1-18-9-7-14(8-10-18)12-17-11-13-3-5-15(6-4-13)16(19)20-2/h3-6,14,17H,7-12H2,1-2H3. The van der Waals surface area contributed by atoms with Crippen molar-refractivity contribution in [3.63, 3.8) is 0 Å². The SMILES string of the molecule is COC(=O)c1ccc(CNCC2CCN(C)CC2)cc1. The number of carbonyl (C=O) groups is 1. The lowest BCUT2D eigenvalue weighted by atomic mass is 9.97. The zero-order chi connectivity index (χ0) is 14.4. The summed E-state index contributed by atoms with van der Waals surface area (Å²) in [4.78, 5) is 13.7. The molecule has 0 atom stereocenters. The van der Waals surface area contributed by atoms with E-state index in [0.717, 1.165) is 19.0 Å². The highest BCUT2D eigenvalue weighted by Crippen LogP contribution is 2.15. The Morgan fingerprint density at radius 1 is 1.30 bits per heavy atom. The molecule has 20 heavy (non-hydrogen) atoms. The molecule has 1 saturated heterocycles. The van der Waals surface area contributed by atoms with Crippen LogP contribution in [-0.2, 0) is 11.3 Å². The average Bonchev–Trinajstić information content (AvgIpc) is 2.49. The first kappa shape index (κ1) is 15.0. The van der Waals surface area contributed by atoms with Gasteiger partial charge in [0.15, 0.2) is 0 Å². The molecule has 4 heteroatoms. The maximum atomic E-state index is 11.3. The summed E-state index contributed by atoms with van der Waals surface area (Å²) in [6.07, 6.45) is 2.57. The molecule has 1 aliphatic heterocycles. The fourth-order valence-corrected chi connectivity index (χ4v) is 2.56. The van der Waals surface area contributed by atoms with E-state index in [0.29, 0.717) is 5.56 Å². The third-order valence-corrected chi connectivity index (χ3v) is 3.98. The van der Waals surface area contributed by atoms with E-state index in [1.807, 2.05) is 24.3 Å². The molecule has 0 spiro atoms. The second kappa shape index (κ2) is 7.41. The van der Waals surface area contributed by atoms with Gasteiger partial charge >= 0.3 is 5.97 Å². The van der Waals surface area contributed by atoms with Crippen LogP contribution in [-0.4, -0.2) is 44.7 Å². The fourth-order valence-electron chi connectivity index (χ4n) is 2.56. The van der Waals surface area contributed by atoms with Crippen LogP contribution in [0.25, 0.3) is 0 Å². The molecule has 1 aliphatic rings. The van der Waals surface area contributed by atoms with Gasteiger partial charge in [-0.05, 0) is 63.1 Å². The van der Waals surface area contributed by atoms with Crippen molar-refractivity contribution in [1.82, 2.24) is 10.2 Å². The van der Waals surface area contributed by atoms with Crippen LogP contribution in [0.2, 0.25) is 0 Å². The third kappa shape index (κ3) is 4.32. The summed E-state index contributed by atoms with van der Waals surface area (Å²) in [5, 5.41) is 3.51. The van der Waals surface area contributed by atoms with E-state index >= 15 is 0 Å². The summed E-state index contributed by atoms with van der Waals surface area (Å²) >= 11 is 0. The zero-order valence-corrected chi connectivity index (χ0v) is 12.4. The monoisotopic (exact) mass is 276 g/mol. The van der Waals surface area contributed by atoms with Gasteiger partial charge in [-0.3, -0.25) is 0 Å². The van der Waals surface area contributed by atoms with Crippen LogP contribution < -0.4 is 5.32 Å². The number of rotatable bonds is 5. The highest BCUT2D eigenvalue weighted by atomic mass is 16.5. The van der Waals surface area contributed by atoms with Gasteiger partial charge in [-0.25, -0.2) is 4.79 Å². The maximum Gasteiger partial charge on any atom is 0.337 e. The molecule has 1 aromatic carbocycles. The molecule has 4 nitrogen and oxygen atoms in total. The van der Waals surface area contributed by atoms with Gasteiger partial charge in [-0.2, -0.15) is 0 Å². The van der Waals surface area contributed by atoms with E-state index in [2.05, 4.69) is 22.0 Å². The first-order valence-corrected chi connectivity index (χ1v) is 7.25. The number of carbonyl (C=O) groups excluding carboxylic acids is 1. The summed E-state index contributed by atoms with van der Waals surface area (Å²) in [6.45, 7) is 4.35. The number of ether oxygens (including phenoxy) is 1. The van der Waals surface area contributed by atoms with Crippen LogP contribution in [0.1, 0.15) is 28.8 Å². The second-order valence-corrected chi connectivity index (χ2v) is 5.57. The van der Waals surface area contributed by atoms with Gasteiger partial charge < -0.3 is 15.0 Å². The smallest absolute Gasteiger partial charge is 0.337 e. The molecule has 0 aromatic heterocycles. The quantitative estimate of drug-likeness (QED) is 0.834. The molecule has 0 aliphatic carbocycles. The largest absolute Gasteiger partial charge is 0.465 e. The van der Waals surface area contributed by atoms with Crippen LogP contribution in [0.4, 0.5) is 0 Å². The average molecular weight is 276 g/mol. The first-order valence-electron chi connectivity index (χ1n) is 7.25. The fraction of sp³-hybridized carbons (Fsp3) is 0.562. The van der Waals surface area contributed by atoms with Gasteiger partial charge in [-0.15, -0.1) is 0 Å². The normalized spacial score (nSPS) is 17.1. The van der Waals surface area contributed by atoms with Gasteiger partial charge in [0.25, 0.3) is 0 Å². The number of likely N-dealkylation sites (tertiary alicyclic amines) is 1. The Morgan fingerprint density at radius 2 is 1.95 bits per heavy atom. The molecule has 1 aromatic rings. The predicted molar refractivity (Wildman–Crippen MR) is 79.7 cm³/mol. The number of nitrogens with zero attached hydrogens (tertiary/aromatic N) is 1. The van der Waals surface area contributed by atoms with Crippen molar-refractivity contribution in [2.45, 2.75) is 19.4 Å². The van der Waals surface area contributed by atoms with Crippen LogP contribution in [0.5, 0.6) is 0 Å². The van der Waals surface area contributed by atoms with Gasteiger partial charge in [-0.1, -0.05) is 12.1 Å². The van der Waals surface area contributed by atoms with Crippen LogP contribution in [0.3, 0.4) is 0 Å². The van der Waals surface area contributed by atoms with Crippen LogP contribution >= 0.6 is 0 Å².